The molecule has 27 heavy (non-hydrogen) atoms. The fraction of sp³-hybridized carbons (Fsp3) is 0.286. The van der Waals surface area contributed by atoms with Crippen LogP contribution >= 0.6 is 11.6 Å². The molecule has 0 saturated carbocycles. The van der Waals surface area contributed by atoms with E-state index in [0.29, 0.717) is 29.8 Å². The maximum Gasteiger partial charge on any atom is 0.306 e. The summed E-state index contributed by atoms with van der Waals surface area (Å²) >= 11 is 5.85. The molecule has 0 aromatic heterocycles. The van der Waals surface area contributed by atoms with Gasteiger partial charge in [-0.25, -0.2) is 0 Å². The van der Waals surface area contributed by atoms with Crippen LogP contribution in [-0.2, 0) is 20.9 Å². The standard InChI is InChI=1S/C21H20ClNO4/c22-17-8-6-16(7-9-17)21(26)23-18(10-12-19(23)24)11-13-20(25)27-14-15-4-2-1-3-5-15/h1-9,18H,10-14H2. The van der Waals surface area contributed by atoms with E-state index in [1.54, 1.807) is 24.3 Å². The van der Waals surface area contributed by atoms with Crippen LogP contribution in [0.5, 0.6) is 0 Å². The highest BCUT2D eigenvalue weighted by Crippen LogP contribution is 2.25. The van der Waals surface area contributed by atoms with Crippen LogP contribution in [0.25, 0.3) is 0 Å². The van der Waals surface area contributed by atoms with E-state index >= 15 is 0 Å². The normalized spacial score (nSPS) is 16.4. The van der Waals surface area contributed by atoms with Crippen molar-refractivity contribution in [1.82, 2.24) is 4.90 Å². The van der Waals surface area contributed by atoms with Crippen molar-refractivity contribution in [3.8, 4) is 0 Å². The Kier molecular flexibility index (Phi) is 6.24. The number of carbonyl (C=O) groups excluding carboxylic acids is 3. The lowest BCUT2D eigenvalue weighted by atomic mass is 10.1. The molecule has 5 nitrogen and oxygen atoms in total. The van der Waals surface area contributed by atoms with Gasteiger partial charge < -0.3 is 4.74 Å². The average molecular weight is 386 g/mol. The number of amides is 2. The number of likely N-dealkylation sites (tertiary alicyclic amines) is 1. The largest absolute Gasteiger partial charge is 0.461 e. The zero-order valence-corrected chi connectivity index (χ0v) is 15.5. The summed E-state index contributed by atoms with van der Waals surface area (Å²) in [6.45, 7) is 0.219. The van der Waals surface area contributed by atoms with E-state index in [-0.39, 0.29) is 36.9 Å². The minimum absolute atomic E-state index is 0.162. The number of imide groups is 1. The summed E-state index contributed by atoms with van der Waals surface area (Å²) in [4.78, 5) is 38.1. The number of benzene rings is 2. The van der Waals surface area contributed by atoms with Gasteiger partial charge in [-0.1, -0.05) is 41.9 Å². The first-order valence-corrected chi connectivity index (χ1v) is 9.24. The number of nitrogens with zero attached hydrogens (tertiary/aromatic N) is 1. The first kappa shape index (κ1) is 19.1. The summed E-state index contributed by atoms with van der Waals surface area (Å²) in [5.74, 6) is -0.897. The second-order valence-electron chi connectivity index (χ2n) is 6.45. The van der Waals surface area contributed by atoms with E-state index in [4.69, 9.17) is 16.3 Å². The lowest BCUT2D eigenvalue weighted by Gasteiger charge is -2.22. The smallest absolute Gasteiger partial charge is 0.306 e. The van der Waals surface area contributed by atoms with Gasteiger partial charge in [0.2, 0.25) is 5.91 Å². The SMILES string of the molecule is O=C(CCC1CCC(=O)N1C(=O)c1ccc(Cl)cc1)OCc1ccccc1. The van der Waals surface area contributed by atoms with Crippen molar-refractivity contribution in [2.24, 2.45) is 0 Å². The number of ether oxygens (including phenoxy) is 1. The highest BCUT2D eigenvalue weighted by molar-refractivity contribution is 6.30. The Morgan fingerprint density at radius 1 is 1.07 bits per heavy atom. The zero-order chi connectivity index (χ0) is 19.2. The molecule has 0 spiro atoms. The van der Waals surface area contributed by atoms with Gasteiger partial charge in [0.25, 0.3) is 5.91 Å². The third-order valence-corrected chi connectivity index (χ3v) is 4.81. The summed E-state index contributed by atoms with van der Waals surface area (Å²) in [6.07, 6.45) is 1.43. The molecule has 1 heterocycles. The van der Waals surface area contributed by atoms with E-state index in [0.717, 1.165) is 5.56 Å². The Labute approximate surface area is 162 Å². The van der Waals surface area contributed by atoms with E-state index in [9.17, 15) is 14.4 Å². The van der Waals surface area contributed by atoms with Crippen LogP contribution in [-0.4, -0.2) is 28.7 Å². The molecule has 1 fully saturated rings. The maximum atomic E-state index is 12.7. The number of hydrogen-bond acceptors (Lipinski definition) is 4. The molecule has 2 aromatic carbocycles. The van der Waals surface area contributed by atoms with E-state index in [1.165, 1.54) is 4.90 Å². The van der Waals surface area contributed by atoms with Crippen LogP contribution in [0.4, 0.5) is 0 Å². The molecule has 1 aliphatic rings. The molecule has 0 bridgehead atoms. The highest BCUT2D eigenvalue weighted by Gasteiger charge is 2.36. The van der Waals surface area contributed by atoms with Crippen LogP contribution in [0.2, 0.25) is 5.02 Å². The molecular formula is C21H20ClNO4. The molecule has 0 N–H and O–H groups in total. The highest BCUT2D eigenvalue weighted by atomic mass is 35.5. The maximum absolute atomic E-state index is 12.7. The predicted octanol–water partition coefficient (Wildman–Crippen LogP) is 3.99. The second kappa shape index (κ2) is 8.82. The van der Waals surface area contributed by atoms with Gasteiger partial charge in [0.15, 0.2) is 0 Å². The number of esters is 1. The van der Waals surface area contributed by atoms with Gasteiger partial charge in [0, 0.05) is 29.5 Å². The van der Waals surface area contributed by atoms with Gasteiger partial charge in [0.05, 0.1) is 0 Å². The third-order valence-electron chi connectivity index (χ3n) is 4.56. The molecule has 0 radical (unpaired) electrons. The van der Waals surface area contributed by atoms with Crippen molar-refractivity contribution in [3.63, 3.8) is 0 Å². The van der Waals surface area contributed by atoms with Gasteiger partial charge in [-0.15, -0.1) is 0 Å². The van der Waals surface area contributed by atoms with Crippen LogP contribution in [0.3, 0.4) is 0 Å². The first-order chi connectivity index (χ1) is 13.0. The van der Waals surface area contributed by atoms with Crippen LogP contribution in [0, 0.1) is 0 Å². The Bertz CT molecular complexity index is 820. The number of rotatable bonds is 6. The van der Waals surface area contributed by atoms with Crippen molar-refractivity contribution in [2.75, 3.05) is 0 Å². The molecule has 140 valence electrons. The Balaban J connectivity index is 1.55. The average Bonchev–Trinajstić information content (AvgIpc) is 3.06. The quantitative estimate of drug-likeness (QED) is 0.557. The molecular weight excluding hydrogens is 366 g/mol. The lowest BCUT2D eigenvalue weighted by molar-refractivity contribution is -0.145. The topological polar surface area (TPSA) is 63.7 Å². The monoisotopic (exact) mass is 385 g/mol. The first-order valence-electron chi connectivity index (χ1n) is 8.86. The van der Waals surface area contributed by atoms with Gasteiger partial charge in [-0.3, -0.25) is 19.3 Å². The summed E-state index contributed by atoms with van der Waals surface area (Å²) in [5, 5.41) is 0.525. The predicted molar refractivity (Wildman–Crippen MR) is 101 cm³/mol. The molecule has 2 aromatic rings. The minimum atomic E-state index is -0.350. The Morgan fingerprint density at radius 3 is 2.48 bits per heavy atom. The van der Waals surface area contributed by atoms with Gasteiger partial charge in [0.1, 0.15) is 6.61 Å². The molecule has 6 heteroatoms. The molecule has 3 rings (SSSR count). The summed E-state index contributed by atoms with van der Waals surface area (Å²) in [5.41, 5.74) is 1.33. The van der Waals surface area contributed by atoms with Crippen molar-refractivity contribution < 1.29 is 19.1 Å². The summed E-state index contributed by atoms with van der Waals surface area (Å²) in [6, 6.07) is 15.6. The number of carbonyl (C=O) groups is 3. The Hall–Kier alpha value is -2.66. The van der Waals surface area contributed by atoms with Crippen molar-refractivity contribution in [2.45, 2.75) is 38.3 Å². The van der Waals surface area contributed by atoms with E-state index in [1.807, 2.05) is 30.3 Å². The second-order valence-corrected chi connectivity index (χ2v) is 6.89. The van der Waals surface area contributed by atoms with Crippen molar-refractivity contribution >= 4 is 29.4 Å². The summed E-state index contributed by atoms with van der Waals surface area (Å²) < 4.78 is 5.27. The molecule has 1 atom stereocenters. The molecule has 0 aliphatic carbocycles. The van der Waals surface area contributed by atoms with Crippen molar-refractivity contribution in [3.05, 3.63) is 70.7 Å². The third kappa shape index (κ3) is 4.95. The molecule has 2 amide bonds. The molecule has 1 aliphatic heterocycles. The van der Waals surface area contributed by atoms with E-state index < -0.39 is 0 Å². The van der Waals surface area contributed by atoms with Crippen molar-refractivity contribution in [1.29, 1.82) is 0 Å². The van der Waals surface area contributed by atoms with E-state index in [2.05, 4.69) is 0 Å². The number of hydrogen-bond donors (Lipinski definition) is 0. The van der Waals surface area contributed by atoms with Crippen LogP contribution in [0.15, 0.2) is 54.6 Å². The van der Waals surface area contributed by atoms with Gasteiger partial charge in [-0.2, -0.15) is 0 Å². The van der Waals surface area contributed by atoms with Crippen LogP contribution < -0.4 is 0 Å². The fourth-order valence-electron chi connectivity index (χ4n) is 3.12. The zero-order valence-electron chi connectivity index (χ0n) is 14.8. The fourth-order valence-corrected chi connectivity index (χ4v) is 3.25. The van der Waals surface area contributed by atoms with Gasteiger partial charge >= 0.3 is 5.97 Å². The molecule has 1 unspecified atom stereocenters. The minimum Gasteiger partial charge on any atom is -0.461 e. The molecule has 1 saturated heterocycles. The Morgan fingerprint density at radius 2 is 1.78 bits per heavy atom. The summed E-state index contributed by atoms with van der Waals surface area (Å²) in [7, 11) is 0. The van der Waals surface area contributed by atoms with Crippen LogP contribution in [0.1, 0.15) is 41.6 Å². The van der Waals surface area contributed by atoms with Gasteiger partial charge in [-0.05, 0) is 42.7 Å². The number of halogens is 1. The lowest BCUT2D eigenvalue weighted by Crippen LogP contribution is -2.39.